The van der Waals surface area contributed by atoms with E-state index in [2.05, 4.69) is 4.74 Å². The highest BCUT2D eigenvalue weighted by atomic mass is 32.2. The van der Waals surface area contributed by atoms with Crippen molar-refractivity contribution >= 4 is 16.1 Å². The predicted octanol–water partition coefficient (Wildman–Crippen LogP) is 3.71. The Morgan fingerprint density at radius 1 is 1.04 bits per heavy atom. The number of benzene rings is 2. The molecule has 134 valence electrons. The zero-order valence-electron chi connectivity index (χ0n) is 12.9. The second kappa shape index (κ2) is 7.14. The normalized spacial score (nSPS) is 13.1. The van der Waals surface area contributed by atoms with Crippen LogP contribution in [-0.4, -0.2) is 20.7 Å². The molecule has 0 bridgehead atoms. The molecule has 1 amide bonds. The van der Waals surface area contributed by atoms with E-state index in [-0.39, 0.29) is 10.5 Å². The van der Waals surface area contributed by atoms with E-state index >= 15 is 0 Å². The number of amides is 1. The van der Waals surface area contributed by atoms with Crippen molar-refractivity contribution in [2.24, 2.45) is 0 Å². The molecule has 1 atom stereocenters. The topological polar surface area (TPSA) is 72.5 Å². The third kappa shape index (κ3) is 4.96. The summed E-state index contributed by atoms with van der Waals surface area (Å²) in [5.74, 6) is 0. The highest BCUT2D eigenvalue weighted by molar-refractivity contribution is 7.90. The molecule has 9 heteroatoms. The molecule has 0 radical (unpaired) electrons. The third-order valence-corrected chi connectivity index (χ3v) is 4.50. The monoisotopic (exact) mass is 373 g/mol. The van der Waals surface area contributed by atoms with Crippen molar-refractivity contribution in [2.75, 3.05) is 0 Å². The molecule has 1 N–H and O–H groups in total. The second-order valence-corrected chi connectivity index (χ2v) is 6.84. The Morgan fingerprint density at radius 3 is 2.12 bits per heavy atom. The van der Waals surface area contributed by atoms with Crippen molar-refractivity contribution in [2.45, 2.75) is 24.1 Å². The minimum atomic E-state index is -4.90. The minimum Gasteiger partial charge on any atom is -0.431 e. The first-order chi connectivity index (χ1) is 11.6. The fourth-order valence-corrected chi connectivity index (χ4v) is 2.85. The fourth-order valence-electron chi connectivity index (χ4n) is 1.97. The summed E-state index contributed by atoms with van der Waals surface area (Å²) in [6.45, 7) is 1.73. The first-order valence-corrected chi connectivity index (χ1v) is 8.50. The van der Waals surface area contributed by atoms with Crippen LogP contribution >= 0.6 is 0 Å². The average Bonchev–Trinajstić information content (AvgIpc) is 2.52. The van der Waals surface area contributed by atoms with Gasteiger partial charge in [0.15, 0.2) is 0 Å². The van der Waals surface area contributed by atoms with Crippen LogP contribution in [0.1, 0.15) is 17.2 Å². The summed E-state index contributed by atoms with van der Waals surface area (Å²) in [4.78, 5) is 11.5. The molecule has 0 spiro atoms. The van der Waals surface area contributed by atoms with E-state index in [9.17, 15) is 26.4 Å². The standard InChI is InChI=1S/C16H14F3NO4S/c1-11-7-9-13(10-8-11)25(22,23)20-15(21)24-14(16(17,18)19)12-5-3-2-4-6-12/h2-10,14H,1H3,(H,20,21)/t14-/m1/s1. The van der Waals surface area contributed by atoms with Gasteiger partial charge in [-0.2, -0.15) is 13.2 Å². The van der Waals surface area contributed by atoms with Gasteiger partial charge in [0.05, 0.1) is 4.90 Å². The molecule has 0 heterocycles. The van der Waals surface area contributed by atoms with E-state index in [1.54, 1.807) is 6.92 Å². The predicted molar refractivity (Wildman–Crippen MR) is 83.2 cm³/mol. The molecule has 25 heavy (non-hydrogen) atoms. The number of hydrogen-bond donors (Lipinski definition) is 1. The number of carbonyl (C=O) groups is 1. The summed E-state index contributed by atoms with van der Waals surface area (Å²) in [7, 11) is -4.34. The Morgan fingerprint density at radius 2 is 1.60 bits per heavy atom. The van der Waals surface area contributed by atoms with E-state index in [0.29, 0.717) is 0 Å². The van der Waals surface area contributed by atoms with E-state index in [1.807, 2.05) is 0 Å². The quantitative estimate of drug-likeness (QED) is 0.887. The molecule has 2 rings (SSSR count). The van der Waals surface area contributed by atoms with Gasteiger partial charge in [-0.05, 0) is 19.1 Å². The lowest BCUT2D eigenvalue weighted by atomic mass is 10.1. The number of hydrogen-bond acceptors (Lipinski definition) is 4. The van der Waals surface area contributed by atoms with Crippen LogP contribution in [0, 0.1) is 6.92 Å². The maximum Gasteiger partial charge on any atom is 0.429 e. The first-order valence-electron chi connectivity index (χ1n) is 7.01. The van der Waals surface area contributed by atoms with E-state index in [1.165, 1.54) is 47.2 Å². The van der Waals surface area contributed by atoms with Crippen molar-refractivity contribution in [1.82, 2.24) is 4.72 Å². The number of carbonyl (C=O) groups excluding carboxylic acids is 1. The average molecular weight is 373 g/mol. The zero-order valence-corrected chi connectivity index (χ0v) is 13.8. The van der Waals surface area contributed by atoms with Gasteiger partial charge in [0.25, 0.3) is 10.0 Å². The molecule has 0 aliphatic rings. The second-order valence-electron chi connectivity index (χ2n) is 5.16. The maximum atomic E-state index is 13.1. The molecule has 0 unspecified atom stereocenters. The number of aryl methyl sites for hydroxylation is 1. The van der Waals surface area contributed by atoms with Gasteiger partial charge >= 0.3 is 12.3 Å². The number of alkyl halides is 3. The van der Waals surface area contributed by atoms with Gasteiger partial charge in [-0.15, -0.1) is 0 Å². The zero-order chi connectivity index (χ0) is 18.7. The molecule has 2 aromatic rings. The SMILES string of the molecule is Cc1ccc(S(=O)(=O)NC(=O)O[C@H](c2ccccc2)C(F)(F)F)cc1. The van der Waals surface area contributed by atoms with Crippen LogP contribution in [0.5, 0.6) is 0 Å². The lowest BCUT2D eigenvalue weighted by Gasteiger charge is -2.21. The summed E-state index contributed by atoms with van der Waals surface area (Å²) in [5.41, 5.74) is 0.459. The van der Waals surface area contributed by atoms with E-state index in [4.69, 9.17) is 0 Å². The Balaban J connectivity index is 2.18. The van der Waals surface area contributed by atoms with Gasteiger partial charge < -0.3 is 4.74 Å². The van der Waals surface area contributed by atoms with Gasteiger partial charge in [-0.3, -0.25) is 0 Å². The molecular weight excluding hydrogens is 359 g/mol. The van der Waals surface area contributed by atoms with Crippen LogP contribution in [0.15, 0.2) is 59.5 Å². The van der Waals surface area contributed by atoms with Gasteiger partial charge in [0.1, 0.15) is 0 Å². The van der Waals surface area contributed by atoms with Gasteiger partial charge in [0.2, 0.25) is 6.10 Å². The summed E-state index contributed by atoms with van der Waals surface area (Å²) >= 11 is 0. The third-order valence-electron chi connectivity index (χ3n) is 3.17. The Hall–Kier alpha value is -2.55. The maximum absolute atomic E-state index is 13.1. The molecule has 0 aliphatic heterocycles. The highest BCUT2D eigenvalue weighted by Gasteiger charge is 2.44. The van der Waals surface area contributed by atoms with Gasteiger partial charge in [-0.25, -0.2) is 17.9 Å². The van der Waals surface area contributed by atoms with E-state index < -0.39 is 28.4 Å². The van der Waals surface area contributed by atoms with Crippen molar-refractivity contribution in [3.63, 3.8) is 0 Å². The smallest absolute Gasteiger partial charge is 0.429 e. The summed E-state index contributed by atoms with van der Waals surface area (Å²) in [6.07, 6.45) is -9.19. The van der Waals surface area contributed by atoms with Crippen molar-refractivity contribution in [3.8, 4) is 0 Å². The van der Waals surface area contributed by atoms with Crippen LogP contribution < -0.4 is 4.72 Å². The highest BCUT2D eigenvalue weighted by Crippen LogP contribution is 2.35. The van der Waals surface area contributed by atoms with Crippen LogP contribution in [-0.2, 0) is 14.8 Å². The number of ether oxygens (including phenoxy) is 1. The molecule has 0 aromatic heterocycles. The van der Waals surface area contributed by atoms with Crippen LogP contribution in [0.3, 0.4) is 0 Å². The summed E-state index contributed by atoms with van der Waals surface area (Å²) in [5, 5.41) is 0. The van der Waals surface area contributed by atoms with Crippen molar-refractivity contribution in [1.29, 1.82) is 0 Å². The summed E-state index contributed by atoms with van der Waals surface area (Å²) < 4.78 is 69.2. The number of halogens is 3. The Labute approximate surface area is 142 Å². The molecular formula is C16H14F3NO4S. The lowest BCUT2D eigenvalue weighted by molar-refractivity contribution is -0.206. The molecule has 2 aromatic carbocycles. The van der Waals surface area contributed by atoms with Crippen molar-refractivity contribution in [3.05, 3.63) is 65.7 Å². The van der Waals surface area contributed by atoms with Crippen molar-refractivity contribution < 1.29 is 31.1 Å². The van der Waals surface area contributed by atoms with Crippen LogP contribution in [0.4, 0.5) is 18.0 Å². The molecule has 0 fully saturated rings. The first kappa shape index (κ1) is 18.8. The fraction of sp³-hybridized carbons (Fsp3) is 0.188. The van der Waals surface area contributed by atoms with Crippen LogP contribution in [0.2, 0.25) is 0 Å². The largest absolute Gasteiger partial charge is 0.431 e. The molecule has 0 aliphatic carbocycles. The Kier molecular flexibility index (Phi) is 5.36. The molecule has 0 saturated heterocycles. The Bertz CT molecular complexity index is 834. The van der Waals surface area contributed by atoms with E-state index in [0.717, 1.165) is 17.7 Å². The number of sulfonamides is 1. The minimum absolute atomic E-state index is 0.265. The van der Waals surface area contributed by atoms with Gasteiger partial charge in [-0.1, -0.05) is 48.0 Å². The number of rotatable bonds is 4. The molecule has 5 nitrogen and oxygen atoms in total. The van der Waals surface area contributed by atoms with Gasteiger partial charge in [0, 0.05) is 5.56 Å². The lowest BCUT2D eigenvalue weighted by Crippen LogP contribution is -2.35. The number of nitrogens with one attached hydrogen (secondary N) is 1. The molecule has 0 saturated carbocycles. The summed E-state index contributed by atoms with van der Waals surface area (Å²) in [6, 6.07) is 11.9. The van der Waals surface area contributed by atoms with Crippen LogP contribution in [0.25, 0.3) is 0 Å².